The van der Waals surface area contributed by atoms with Crippen molar-refractivity contribution in [3.05, 3.63) is 45.7 Å². The summed E-state index contributed by atoms with van der Waals surface area (Å²) < 4.78 is 0. The van der Waals surface area contributed by atoms with Crippen molar-refractivity contribution in [2.45, 2.75) is 44.6 Å². The van der Waals surface area contributed by atoms with E-state index in [2.05, 4.69) is 46.8 Å². The number of likely N-dealkylation sites (N-methyl/N-ethyl adjacent to an activating group) is 1. The molecule has 2 unspecified atom stereocenters. The first-order valence-electron chi connectivity index (χ1n) is 7.30. The van der Waals surface area contributed by atoms with Gasteiger partial charge in [-0.2, -0.15) is 0 Å². The van der Waals surface area contributed by atoms with Gasteiger partial charge in [-0.3, -0.25) is 4.98 Å². The third-order valence-corrected chi connectivity index (χ3v) is 5.15. The molecule has 0 saturated carbocycles. The molecular formula is C16H21N3S. The minimum Gasteiger partial charge on any atom is -0.316 e. The lowest BCUT2D eigenvalue weighted by atomic mass is 9.81. The number of nitrogens with one attached hydrogen (secondary N) is 1. The number of nitrogens with zero attached hydrogens (tertiary/aromatic N) is 2. The highest BCUT2D eigenvalue weighted by atomic mass is 32.1. The van der Waals surface area contributed by atoms with Gasteiger partial charge in [0.15, 0.2) is 0 Å². The minimum absolute atomic E-state index is 0.425. The molecule has 2 aromatic heterocycles. The Balaban J connectivity index is 1.83. The molecule has 0 saturated heterocycles. The second-order valence-corrected chi connectivity index (χ2v) is 6.47. The van der Waals surface area contributed by atoms with E-state index in [-0.39, 0.29) is 0 Å². The molecule has 20 heavy (non-hydrogen) atoms. The van der Waals surface area contributed by atoms with E-state index in [1.165, 1.54) is 35.5 Å². The van der Waals surface area contributed by atoms with E-state index in [9.17, 15) is 0 Å². The predicted molar refractivity (Wildman–Crippen MR) is 83.3 cm³/mol. The molecule has 4 heteroatoms. The number of hydrogen-bond acceptors (Lipinski definition) is 4. The number of aryl methyl sites for hydroxylation is 2. The molecule has 1 aliphatic rings. The maximum absolute atomic E-state index is 4.66. The van der Waals surface area contributed by atoms with E-state index in [0.717, 1.165) is 12.1 Å². The Hall–Kier alpha value is -1.26. The fraction of sp³-hybridized carbons (Fsp3) is 0.500. The van der Waals surface area contributed by atoms with Crippen LogP contribution in [0.2, 0.25) is 0 Å². The van der Waals surface area contributed by atoms with Crippen LogP contribution in [0.25, 0.3) is 0 Å². The van der Waals surface area contributed by atoms with Crippen LogP contribution in [0.15, 0.2) is 23.7 Å². The molecule has 1 N–H and O–H groups in total. The van der Waals surface area contributed by atoms with Gasteiger partial charge in [-0.15, -0.1) is 11.3 Å². The van der Waals surface area contributed by atoms with Gasteiger partial charge in [0, 0.05) is 41.3 Å². The van der Waals surface area contributed by atoms with Gasteiger partial charge in [0.1, 0.15) is 0 Å². The molecule has 3 nitrogen and oxygen atoms in total. The summed E-state index contributed by atoms with van der Waals surface area (Å²) in [6, 6.07) is 4.71. The number of rotatable bonds is 4. The standard InChI is InChI=1S/C16H21N3S/c1-11-10-20-15(19-11)9-14(17-2)13-7-3-5-12-6-4-8-18-16(12)13/h4,6,8,10,13-14,17H,3,5,7,9H2,1-2H3. The fourth-order valence-electron chi connectivity index (χ4n) is 3.17. The summed E-state index contributed by atoms with van der Waals surface area (Å²) in [6.45, 7) is 2.06. The Bertz CT molecular complexity index is 579. The SMILES string of the molecule is CNC(Cc1nc(C)cs1)C1CCCc2cccnc21. The predicted octanol–water partition coefficient (Wildman–Crippen LogP) is 3.10. The van der Waals surface area contributed by atoms with Gasteiger partial charge in [-0.25, -0.2) is 4.98 Å². The van der Waals surface area contributed by atoms with Crippen LogP contribution < -0.4 is 5.32 Å². The van der Waals surface area contributed by atoms with Crippen molar-refractivity contribution >= 4 is 11.3 Å². The molecule has 3 rings (SSSR count). The van der Waals surface area contributed by atoms with Crippen LogP contribution in [0, 0.1) is 6.92 Å². The molecule has 2 atom stereocenters. The molecule has 2 aromatic rings. The van der Waals surface area contributed by atoms with E-state index in [4.69, 9.17) is 0 Å². The summed E-state index contributed by atoms with van der Waals surface area (Å²) in [5.41, 5.74) is 3.85. The van der Waals surface area contributed by atoms with E-state index < -0.39 is 0 Å². The molecule has 2 heterocycles. The van der Waals surface area contributed by atoms with Crippen molar-refractivity contribution in [1.29, 1.82) is 0 Å². The maximum atomic E-state index is 4.66. The lowest BCUT2D eigenvalue weighted by Crippen LogP contribution is -2.36. The molecule has 0 radical (unpaired) electrons. The van der Waals surface area contributed by atoms with Crippen molar-refractivity contribution in [1.82, 2.24) is 15.3 Å². The van der Waals surface area contributed by atoms with Crippen LogP contribution >= 0.6 is 11.3 Å². The highest BCUT2D eigenvalue weighted by Gasteiger charge is 2.28. The van der Waals surface area contributed by atoms with Crippen LogP contribution in [-0.2, 0) is 12.8 Å². The second kappa shape index (κ2) is 6.02. The summed E-state index contributed by atoms with van der Waals surface area (Å²) >= 11 is 1.77. The van der Waals surface area contributed by atoms with Gasteiger partial charge >= 0.3 is 0 Å². The molecule has 0 aromatic carbocycles. The summed E-state index contributed by atoms with van der Waals surface area (Å²) in [7, 11) is 2.06. The molecule has 0 bridgehead atoms. The van der Waals surface area contributed by atoms with Crippen LogP contribution in [0.1, 0.15) is 40.7 Å². The Kier molecular flexibility index (Phi) is 4.13. The Morgan fingerprint density at radius 2 is 2.40 bits per heavy atom. The maximum Gasteiger partial charge on any atom is 0.0943 e. The second-order valence-electron chi connectivity index (χ2n) is 5.53. The van der Waals surface area contributed by atoms with E-state index in [1.807, 2.05) is 6.20 Å². The molecule has 0 spiro atoms. The van der Waals surface area contributed by atoms with Crippen LogP contribution in [0.3, 0.4) is 0 Å². The van der Waals surface area contributed by atoms with E-state index in [1.54, 1.807) is 11.3 Å². The van der Waals surface area contributed by atoms with Gasteiger partial charge < -0.3 is 5.32 Å². The van der Waals surface area contributed by atoms with Gasteiger partial charge in [-0.05, 0) is 44.9 Å². The third-order valence-electron chi connectivity index (χ3n) is 4.16. The zero-order chi connectivity index (χ0) is 13.9. The summed E-state index contributed by atoms with van der Waals surface area (Å²) in [6.07, 6.45) is 6.58. The lowest BCUT2D eigenvalue weighted by Gasteiger charge is -2.30. The van der Waals surface area contributed by atoms with E-state index >= 15 is 0 Å². The highest BCUT2D eigenvalue weighted by Crippen LogP contribution is 2.33. The van der Waals surface area contributed by atoms with Crippen molar-refractivity contribution in [2.24, 2.45) is 0 Å². The molecule has 0 fully saturated rings. The molecule has 1 aliphatic carbocycles. The molecule has 0 amide bonds. The molecule has 0 aliphatic heterocycles. The first-order chi connectivity index (χ1) is 9.78. The summed E-state index contributed by atoms with van der Waals surface area (Å²) in [5, 5.41) is 6.86. The van der Waals surface area contributed by atoms with Crippen molar-refractivity contribution < 1.29 is 0 Å². The normalized spacial score (nSPS) is 19.6. The largest absolute Gasteiger partial charge is 0.316 e. The van der Waals surface area contributed by atoms with Gasteiger partial charge in [0.2, 0.25) is 0 Å². The van der Waals surface area contributed by atoms with Crippen LogP contribution in [0.4, 0.5) is 0 Å². The molecular weight excluding hydrogens is 266 g/mol. The number of pyridine rings is 1. The first-order valence-corrected chi connectivity index (χ1v) is 8.18. The Morgan fingerprint density at radius 3 is 3.15 bits per heavy atom. The monoisotopic (exact) mass is 287 g/mol. The highest BCUT2D eigenvalue weighted by molar-refractivity contribution is 7.09. The van der Waals surface area contributed by atoms with Crippen LogP contribution in [0.5, 0.6) is 0 Å². The van der Waals surface area contributed by atoms with Crippen molar-refractivity contribution in [3.8, 4) is 0 Å². The van der Waals surface area contributed by atoms with E-state index in [0.29, 0.717) is 12.0 Å². The number of aromatic nitrogens is 2. The Morgan fingerprint density at radius 1 is 1.50 bits per heavy atom. The van der Waals surface area contributed by atoms with Crippen molar-refractivity contribution in [2.75, 3.05) is 7.05 Å². The van der Waals surface area contributed by atoms with Gasteiger partial charge in [-0.1, -0.05) is 6.07 Å². The summed E-state index contributed by atoms with van der Waals surface area (Å²) in [4.78, 5) is 9.27. The number of fused-ring (bicyclic) bond motifs is 1. The summed E-state index contributed by atoms with van der Waals surface area (Å²) in [5.74, 6) is 0.508. The number of thiazole rings is 1. The average Bonchev–Trinajstić information content (AvgIpc) is 2.89. The van der Waals surface area contributed by atoms with Crippen LogP contribution in [-0.4, -0.2) is 23.1 Å². The van der Waals surface area contributed by atoms with Gasteiger partial charge in [0.05, 0.1) is 5.01 Å². The topological polar surface area (TPSA) is 37.8 Å². The zero-order valence-corrected chi connectivity index (χ0v) is 12.9. The fourth-order valence-corrected chi connectivity index (χ4v) is 4.00. The minimum atomic E-state index is 0.425. The quantitative estimate of drug-likeness (QED) is 0.939. The number of hydrogen-bond donors (Lipinski definition) is 1. The Labute approximate surface area is 124 Å². The van der Waals surface area contributed by atoms with Gasteiger partial charge in [0.25, 0.3) is 0 Å². The molecule has 106 valence electrons. The lowest BCUT2D eigenvalue weighted by molar-refractivity contribution is 0.402. The van der Waals surface area contributed by atoms with Crippen molar-refractivity contribution in [3.63, 3.8) is 0 Å². The average molecular weight is 287 g/mol. The first kappa shape index (κ1) is 13.7. The zero-order valence-electron chi connectivity index (χ0n) is 12.1. The third kappa shape index (κ3) is 2.76. The smallest absolute Gasteiger partial charge is 0.0943 e.